The maximum atomic E-state index is 11.8. The summed E-state index contributed by atoms with van der Waals surface area (Å²) in [7, 11) is 0. The van der Waals surface area contributed by atoms with Crippen LogP contribution in [0, 0.1) is 0 Å². The number of aromatic nitrogens is 1. The zero-order valence-corrected chi connectivity index (χ0v) is 6.78. The number of halogens is 2. The van der Waals surface area contributed by atoms with Crippen LogP contribution in [-0.4, -0.2) is 23.1 Å². The summed E-state index contributed by atoms with van der Waals surface area (Å²) in [6, 6.07) is 1.44. The summed E-state index contributed by atoms with van der Waals surface area (Å²) >= 11 is 0. The Bertz CT molecular complexity index is 268. The molecule has 0 atom stereocenters. The van der Waals surface area contributed by atoms with Gasteiger partial charge in [0.05, 0.1) is 6.61 Å². The first-order chi connectivity index (χ1) is 6.24. The van der Waals surface area contributed by atoms with Crippen molar-refractivity contribution >= 4 is 0 Å². The number of aliphatic hydroxyl groups is 1. The fraction of sp³-hybridized carbons (Fsp3) is 0.375. The number of hydrogen-bond acceptors (Lipinski definition) is 3. The molecule has 0 spiro atoms. The average Bonchev–Trinajstić information content (AvgIpc) is 2.15. The summed E-state index contributed by atoms with van der Waals surface area (Å²) in [5.74, 6) is 0.248. The van der Waals surface area contributed by atoms with Gasteiger partial charge in [-0.1, -0.05) is 0 Å². The highest BCUT2D eigenvalue weighted by molar-refractivity contribution is 5.29. The molecule has 0 unspecified atom stereocenters. The lowest BCUT2D eigenvalue weighted by atomic mass is 10.3. The van der Waals surface area contributed by atoms with Crippen molar-refractivity contribution in [1.29, 1.82) is 0 Å². The van der Waals surface area contributed by atoms with Gasteiger partial charge in [0.25, 0.3) is 6.43 Å². The first kappa shape index (κ1) is 9.85. The van der Waals surface area contributed by atoms with E-state index in [4.69, 9.17) is 9.84 Å². The Hall–Kier alpha value is -1.23. The lowest BCUT2D eigenvalue weighted by Gasteiger charge is -2.08. The highest BCUT2D eigenvalue weighted by Gasteiger charge is 2.06. The van der Waals surface area contributed by atoms with E-state index in [1.165, 1.54) is 18.5 Å². The van der Waals surface area contributed by atoms with Gasteiger partial charge in [0, 0.05) is 18.0 Å². The van der Waals surface area contributed by atoms with Crippen LogP contribution in [0.4, 0.5) is 8.78 Å². The number of aliphatic hydroxyl groups excluding tert-OH is 1. The van der Waals surface area contributed by atoms with Crippen LogP contribution >= 0.6 is 0 Å². The molecule has 3 nitrogen and oxygen atoms in total. The fourth-order valence-electron chi connectivity index (χ4n) is 0.827. The maximum Gasteiger partial charge on any atom is 0.272 e. The van der Waals surface area contributed by atoms with Crippen LogP contribution in [-0.2, 0) is 6.61 Å². The van der Waals surface area contributed by atoms with Gasteiger partial charge in [-0.3, -0.25) is 4.98 Å². The topological polar surface area (TPSA) is 42.4 Å². The molecule has 0 aliphatic carbocycles. The van der Waals surface area contributed by atoms with Crippen molar-refractivity contribution in [2.75, 3.05) is 6.61 Å². The third-order valence-electron chi connectivity index (χ3n) is 1.39. The van der Waals surface area contributed by atoms with Crippen LogP contribution in [0.25, 0.3) is 0 Å². The molecule has 13 heavy (non-hydrogen) atoms. The molecule has 0 aromatic carbocycles. The molecule has 1 rings (SSSR count). The van der Waals surface area contributed by atoms with Crippen LogP contribution < -0.4 is 4.74 Å². The monoisotopic (exact) mass is 189 g/mol. The van der Waals surface area contributed by atoms with Crippen molar-refractivity contribution in [1.82, 2.24) is 4.98 Å². The molecule has 5 heteroatoms. The van der Waals surface area contributed by atoms with Crippen molar-refractivity contribution in [3.8, 4) is 5.75 Å². The average molecular weight is 189 g/mol. The van der Waals surface area contributed by atoms with E-state index in [1.54, 1.807) is 0 Å². The predicted molar refractivity (Wildman–Crippen MR) is 41.7 cm³/mol. The number of alkyl halides is 2. The molecule has 1 aromatic heterocycles. The summed E-state index contributed by atoms with van der Waals surface area (Å²) in [5, 5.41) is 8.78. The molecule has 0 radical (unpaired) electrons. The molecule has 0 bridgehead atoms. The second-order valence-corrected chi connectivity index (χ2v) is 2.34. The van der Waals surface area contributed by atoms with Gasteiger partial charge in [-0.05, 0) is 6.07 Å². The molecule has 0 amide bonds. The Morgan fingerprint density at radius 1 is 1.54 bits per heavy atom. The Kier molecular flexibility index (Phi) is 3.57. The van der Waals surface area contributed by atoms with Gasteiger partial charge >= 0.3 is 0 Å². The Morgan fingerprint density at radius 3 is 2.92 bits per heavy atom. The van der Waals surface area contributed by atoms with Gasteiger partial charge < -0.3 is 9.84 Å². The molecule has 72 valence electrons. The highest BCUT2D eigenvalue weighted by atomic mass is 19.3. The summed E-state index contributed by atoms with van der Waals surface area (Å²) in [6.07, 6.45) is 0.278. The van der Waals surface area contributed by atoms with E-state index >= 15 is 0 Å². The number of hydrogen-bond donors (Lipinski definition) is 1. The lowest BCUT2D eigenvalue weighted by molar-refractivity contribution is 0.0805. The summed E-state index contributed by atoms with van der Waals surface area (Å²) < 4.78 is 28.2. The zero-order chi connectivity index (χ0) is 9.68. The van der Waals surface area contributed by atoms with Crippen molar-refractivity contribution in [2.24, 2.45) is 0 Å². The molecular weight excluding hydrogens is 180 g/mol. The lowest BCUT2D eigenvalue weighted by Crippen LogP contribution is -2.08. The van der Waals surface area contributed by atoms with Crippen LogP contribution in [0.1, 0.15) is 5.56 Å². The molecule has 0 aliphatic rings. The van der Waals surface area contributed by atoms with Crippen molar-refractivity contribution in [3.63, 3.8) is 0 Å². The van der Waals surface area contributed by atoms with E-state index in [2.05, 4.69) is 4.98 Å². The fourth-order valence-corrected chi connectivity index (χ4v) is 0.827. The molecule has 1 N–H and O–H groups in total. The first-order valence-corrected chi connectivity index (χ1v) is 3.68. The van der Waals surface area contributed by atoms with Crippen molar-refractivity contribution in [3.05, 3.63) is 24.0 Å². The Balaban J connectivity index is 2.64. The molecule has 0 saturated heterocycles. The number of nitrogens with zero attached hydrogens (tertiary/aromatic N) is 1. The Labute approximate surface area is 74.0 Å². The van der Waals surface area contributed by atoms with E-state index in [0.29, 0.717) is 5.56 Å². The second kappa shape index (κ2) is 4.71. The van der Waals surface area contributed by atoms with Gasteiger partial charge in [-0.2, -0.15) is 0 Å². The number of pyridine rings is 1. The van der Waals surface area contributed by atoms with Gasteiger partial charge in [-0.15, -0.1) is 0 Å². The van der Waals surface area contributed by atoms with Crippen molar-refractivity contribution in [2.45, 2.75) is 13.0 Å². The van der Waals surface area contributed by atoms with E-state index in [9.17, 15) is 8.78 Å². The minimum absolute atomic E-state index is 0.248. The quantitative estimate of drug-likeness (QED) is 0.774. The molecule has 0 fully saturated rings. The second-order valence-electron chi connectivity index (χ2n) is 2.34. The summed E-state index contributed by atoms with van der Waals surface area (Å²) in [5.41, 5.74) is 0.406. The summed E-state index contributed by atoms with van der Waals surface area (Å²) in [4.78, 5) is 3.72. The molecule has 1 aromatic rings. The van der Waals surface area contributed by atoms with E-state index in [1.807, 2.05) is 0 Å². The standard InChI is InChI=1S/C8H9F2NO2/c9-8(10)5-13-7-1-2-11-3-6(7)4-12/h1-3,8,12H,4-5H2. The zero-order valence-electron chi connectivity index (χ0n) is 6.78. The molecule has 1 heterocycles. The smallest absolute Gasteiger partial charge is 0.272 e. The minimum atomic E-state index is -2.51. The SMILES string of the molecule is OCc1cnccc1OCC(F)F. The number of rotatable bonds is 4. The van der Waals surface area contributed by atoms with Crippen molar-refractivity contribution < 1.29 is 18.6 Å². The van der Waals surface area contributed by atoms with Crippen LogP contribution in [0.3, 0.4) is 0 Å². The van der Waals surface area contributed by atoms with Gasteiger partial charge in [0.1, 0.15) is 12.4 Å². The molecular formula is C8H9F2NO2. The van der Waals surface area contributed by atoms with E-state index < -0.39 is 13.0 Å². The first-order valence-electron chi connectivity index (χ1n) is 3.68. The van der Waals surface area contributed by atoms with Crippen LogP contribution in [0.15, 0.2) is 18.5 Å². The number of ether oxygens (including phenoxy) is 1. The van der Waals surface area contributed by atoms with E-state index in [0.717, 1.165) is 0 Å². The third kappa shape index (κ3) is 2.95. The third-order valence-corrected chi connectivity index (χ3v) is 1.39. The Morgan fingerprint density at radius 2 is 2.31 bits per heavy atom. The predicted octanol–water partition coefficient (Wildman–Crippen LogP) is 1.22. The highest BCUT2D eigenvalue weighted by Crippen LogP contribution is 2.16. The maximum absolute atomic E-state index is 11.8. The summed E-state index contributed by atoms with van der Waals surface area (Å²) in [6.45, 7) is -0.941. The van der Waals surface area contributed by atoms with Gasteiger partial charge in [0.15, 0.2) is 0 Å². The van der Waals surface area contributed by atoms with Crippen LogP contribution in [0.5, 0.6) is 5.75 Å². The minimum Gasteiger partial charge on any atom is -0.487 e. The van der Waals surface area contributed by atoms with E-state index in [-0.39, 0.29) is 12.4 Å². The molecule has 0 aliphatic heterocycles. The van der Waals surface area contributed by atoms with Crippen LogP contribution in [0.2, 0.25) is 0 Å². The normalized spacial score (nSPS) is 10.5. The van der Waals surface area contributed by atoms with Gasteiger partial charge in [-0.25, -0.2) is 8.78 Å². The largest absolute Gasteiger partial charge is 0.487 e. The van der Waals surface area contributed by atoms with Gasteiger partial charge in [0.2, 0.25) is 0 Å². The molecule has 0 saturated carbocycles.